The van der Waals surface area contributed by atoms with E-state index in [1.165, 1.54) is 7.11 Å². The zero-order valence-corrected chi connectivity index (χ0v) is 25.7. The molecule has 5 N–H and O–H groups in total. The molecule has 0 saturated heterocycles. The second-order valence-corrected chi connectivity index (χ2v) is 11.6. The summed E-state index contributed by atoms with van der Waals surface area (Å²) in [5, 5.41) is 50.4. The van der Waals surface area contributed by atoms with Gasteiger partial charge < -0.3 is 54.1 Å². The first kappa shape index (κ1) is 34.2. The highest BCUT2D eigenvalue weighted by Gasteiger charge is 2.43. The third-order valence-electron chi connectivity index (χ3n) is 8.67. The van der Waals surface area contributed by atoms with Gasteiger partial charge in [-0.15, -0.1) is 0 Å². The normalized spacial score (nSPS) is 28.8. The number of fused-ring (bicyclic) bond motifs is 2. The summed E-state index contributed by atoms with van der Waals surface area (Å²) in [7, 11) is 1.53. The van der Waals surface area contributed by atoms with Crippen LogP contribution in [0.1, 0.15) is 50.2 Å². The molecule has 8 atom stereocenters. The van der Waals surface area contributed by atoms with Gasteiger partial charge in [0, 0.05) is 38.0 Å². The smallest absolute Gasteiger partial charge is 0.336 e. The number of carbonyl (C=O) groups is 1. The molecule has 0 bridgehead atoms. The van der Waals surface area contributed by atoms with Crippen molar-refractivity contribution in [3.8, 4) is 11.5 Å². The van der Waals surface area contributed by atoms with Gasteiger partial charge in [0.25, 0.3) is 0 Å². The number of methoxy groups -OCH3 is 1. The van der Waals surface area contributed by atoms with E-state index < -0.39 is 48.5 Å². The zero-order chi connectivity index (χ0) is 31.8. The number of allylic oxidation sites excluding steroid dienone is 1. The van der Waals surface area contributed by atoms with Crippen molar-refractivity contribution in [3.63, 3.8) is 0 Å². The Morgan fingerprint density at radius 2 is 1.89 bits per heavy atom. The molecule has 1 aromatic rings. The first-order valence-corrected chi connectivity index (χ1v) is 15.4. The van der Waals surface area contributed by atoms with Crippen LogP contribution in [-0.4, -0.2) is 120 Å². The summed E-state index contributed by atoms with van der Waals surface area (Å²) in [6.45, 7) is 6.10. The summed E-state index contributed by atoms with van der Waals surface area (Å²) >= 11 is 0. The summed E-state index contributed by atoms with van der Waals surface area (Å²) < 4.78 is 28.6. The van der Waals surface area contributed by atoms with Gasteiger partial charge in [0.2, 0.25) is 6.79 Å². The molecular weight excluding hydrogens is 574 g/mol. The molecule has 246 valence electrons. The van der Waals surface area contributed by atoms with Crippen LogP contribution in [0.25, 0.3) is 0 Å². The number of rotatable bonds is 13. The maximum absolute atomic E-state index is 13.2. The van der Waals surface area contributed by atoms with Crippen molar-refractivity contribution in [2.24, 2.45) is 5.92 Å². The van der Waals surface area contributed by atoms with Gasteiger partial charge in [0.1, 0.15) is 18.0 Å². The number of aliphatic hydroxyl groups excluding tert-OH is 5. The number of aliphatic hydroxyl groups is 5. The van der Waals surface area contributed by atoms with Gasteiger partial charge in [-0.3, -0.25) is 0 Å². The lowest BCUT2D eigenvalue weighted by Gasteiger charge is -2.39. The molecule has 0 spiro atoms. The average Bonchev–Trinajstić information content (AvgIpc) is 3.41. The predicted molar refractivity (Wildman–Crippen MR) is 159 cm³/mol. The van der Waals surface area contributed by atoms with Crippen LogP contribution >= 0.6 is 0 Å². The number of benzene rings is 1. The van der Waals surface area contributed by atoms with E-state index >= 15 is 0 Å². The molecule has 0 amide bonds. The second kappa shape index (κ2) is 16.0. The van der Waals surface area contributed by atoms with Gasteiger partial charge in [0.05, 0.1) is 25.9 Å². The molecule has 44 heavy (non-hydrogen) atoms. The third-order valence-corrected chi connectivity index (χ3v) is 8.67. The predicted octanol–water partition coefficient (Wildman–Crippen LogP) is 1.02. The van der Waals surface area contributed by atoms with Crippen molar-refractivity contribution in [3.05, 3.63) is 47.2 Å². The molecule has 2 aliphatic heterocycles. The van der Waals surface area contributed by atoms with E-state index in [0.29, 0.717) is 23.8 Å². The Kier molecular flexibility index (Phi) is 12.4. The Morgan fingerprint density at radius 1 is 1.14 bits per heavy atom. The average molecular weight is 622 g/mol. The molecule has 1 aliphatic carbocycles. The Balaban J connectivity index is 1.43. The lowest BCUT2D eigenvalue weighted by molar-refractivity contribution is -0.175. The van der Waals surface area contributed by atoms with Crippen LogP contribution in [0.3, 0.4) is 0 Å². The van der Waals surface area contributed by atoms with Crippen molar-refractivity contribution in [1.82, 2.24) is 4.90 Å². The van der Waals surface area contributed by atoms with Crippen LogP contribution in [0.4, 0.5) is 0 Å². The number of carbonyl (C=O) groups excluding carboxylic acids is 1. The third kappa shape index (κ3) is 7.92. The lowest BCUT2D eigenvalue weighted by atomic mass is 9.81. The minimum absolute atomic E-state index is 0.0295. The number of ether oxygens (including phenoxy) is 5. The van der Waals surface area contributed by atoms with Crippen LogP contribution in [0, 0.1) is 5.92 Å². The Morgan fingerprint density at radius 3 is 2.57 bits per heavy atom. The van der Waals surface area contributed by atoms with E-state index in [0.717, 1.165) is 37.1 Å². The fraction of sp³-hybridized carbons (Fsp3) is 0.656. The first-order valence-electron chi connectivity index (χ1n) is 15.4. The first-order chi connectivity index (χ1) is 21.2. The van der Waals surface area contributed by atoms with Gasteiger partial charge in [-0.2, -0.15) is 0 Å². The molecule has 0 aromatic heterocycles. The number of hydrogen-bond donors (Lipinski definition) is 5. The Bertz CT molecular complexity index is 1160. The van der Waals surface area contributed by atoms with E-state index in [4.69, 9.17) is 23.7 Å². The number of nitrogens with zero attached hydrogens (tertiary/aromatic N) is 1. The minimum atomic E-state index is -1.45. The summed E-state index contributed by atoms with van der Waals surface area (Å²) in [6, 6.07) is 3.97. The van der Waals surface area contributed by atoms with Crippen LogP contribution in [0.15, 0.2) is 36.1 Å². The van der Waals surface area contributed by atoms with Crippen molar-refractivity contribution < 1.29 is 54.0 Å². The summed E-state index contributed by atoms with van der Waals surface area (Å²) in [6.07, 6.45) is -0.171. The summed E-state index contributed by atoms with van der Waals surface area (Å²) in [5.41, 5.74) is 2.07. The highest BCUT2D eigenvalue weighted by molar-refractivity contribution is 5.75. The standard InChI is InChI=1S/C32H47NO11/c1-4-10-33-11-9-19-13-25-26(43-18-42-25)15-21(19)22(16-33)31(24(5-2)40-3)44-32(39)23(35)8-6-7-12-41-27-14-20(17-34)28(36)30(38)29(27)37/h5-7,13,15,20,22-23,27-31,34-38H,4,8-12,14,16-18H2,1-3H3/b7-6+,24-5+. The monoisotopic (exact) mass is 621 g/mol. The quantitative estimate of drug-likeness (QED) is 0.121. The summed E-state index contributed by atoms with van der Waals surface area (Å²) in [4.78, 5) is 15.6. The molecular formula is C32H47NO11. The van der Waals surface area contributed by atoms with E-state index in [2.05, 4.69) is 11.8 Å². The summed E-state index contributed by atoms with van der Waals surface area (Å²) in [5.74, 6) is 0.116. The highest BCUT2D eigenvalue weighted by Crippen LogP contribution is 2.41. The Hall–Kier alpha value is -2.71. The van der Waals surface area contributed by atoms with Crippen LogP contribution < -0.4 is 9.47 Å². The van der Waals surface area contributed by atoms with Crippen molar-refractivity contribution in [1.29, 1.82) is 0 Å². The van der Waals surface area contributed by atoms with Crippen LogP contribution in [0.2, 0.25) is 0 Å². The number of hydrogen-bond acceptors (Lipinski definition) is 12. The highest BCUT2D eigenvalue weighted by atomic mass is 16.7. The van der Waals surface area contributed by atoms with Gasteiger partial charge in [0.15, 0.2) is 23.7 Å². The van der Waals surface area contributed by atoms with E-state index in [-0.39, 0.29) is 38.8 Å². The fourth-order valence-corrected chi connectivity index (χ4v) is 6.22. The lowest BCUT2D eigenvalue weighted by Crippen LogP contribution is -2.55. The van der Waals surface area contributed by atoms with Crippen molar-refractivity contribution >= 4 is 5.97 Å². The van der Waals surface area contributed by atoms with Gasteiger partial charge in [-0.05, 0) is 62.1 Å². The Labute approximate surface area is 258 Å². The SMILES string of the molecule is C/C=C(/OC)C(OC(=O)C(O)C/C=C/COC1CC(CO)C(O)C(O)C1O)C1CN(CCC)CCc2cc3c(cc21)OCO3. The second-order valence-electron chi connectivity index (χ2n) is 11.6. The molecule has 12 nitrogen and oxygen atoms in total. The molecule has 2 heterocycles. The largest absolute Gasteiger partial charge is 0.497 e. The zero-order valence-electron chi connectivity index (χ0n) is 25.7. The number of esters is 1. The topological polar surface area (TPSA) is 168 Å². The van der Waals surface area contributed by atoms with Crippen LogP contribution in [-0.2, 0) is 25.4 Å². The van der Waals surface area contributed by atoms with Gasteiger partial charge in [-0.1, -0.05) is 19.1 Å². The van der Waals surface area contributed by atoms with Crippen LogP contribution in [0.5, 0.6) is 11.5 Å². The van der Waals surface area contributed by atoms with Crippen molar-refractivity contribution in [2.75, 3.05) is 46.8 Å². The maximum atomic E-state index is 13.2. The van der Waals surface area contributed by atoms with E-state index in [1.807, 2.05) is 19.1 Å². The van der Waals surface area contributed by atoms with E-state index in [1.54, 1.807) is 18.2 Å². The molecule has 8 unspecified atom stereocenters. The molecule has 3 aliphatic rings. The molecule has 1 saturated carbocycles. The maximum Gasteiger partial charge on any atom is 0.336 e. The molecule has 12 heteroatoms. The molecule has 1 fully saturated rings. The molecule has 1 aromatic carbocycles. The molecule has 4 rings (SSSR count). The van der Waals surface area contributed by atoms with Gasteiger partial charge >= 0.3 is 5.97 Å². The fourth-order valence-electron chi connectivity index (χ4n) is 6.22. The van der Waals surface area contributed by atoms with E-state index in [9.17, 15) is 30.3 Å². The van der Waals surface area contributed by atoms with Gasteiger partial charge in [-0.25, -0.2) is 4.79 Å². The molecule has 0 radical (unpaired) electrons. The minimum Gasteiger partial charge on any atom is -0.497 e. The van der Waals surface area contributed by atoms with Crippen molar-refractivity contribution in [2.45, 2.75) is 82.1 Å².